The number of nitrogens with zero attached hydrogens (tertiary/aromatic N) is 1. The van der Waals surface area contributed by atoms with Crippen LogP contribution >= 0.6 is 0 Å². The summed E-state index contributed by atoms with van der Waals surface area (Å²) in [4.78, 5) is 10.7. The second-order valence-electron chi connectivity index (χ2n) is 3.11. The molecule has 0 aliphatic rings. The third-order valence-electron chi connectivity index (χ3n) is 1.17. The Hall–Kier alpha value is -0.610. The number of amides is 1. The highest BCUT2D eigenvalue weighted by Gasteiger charge is 2.28. The highest BCUT2D eigenvalue weighted by Crippen LogP contribution is 2.01. The van der Waals surface area contributed by atoms with Crippen LogP contribution in [0.15, 0.2) is 0 Å². The van der Waals surface area contributed by atoms with Crippen LogP contribution in [0.2, 0.25) is 0 Å². The second kappa shape index (κ2) is 2.98. The average Bonchev–Trinajstić information content (AvgIpc) is 1.60. The number of hydrogen-bond donors (Lipinski definition) is 1. The molecule has 0 saturated carbocycles. The molecule has 0 aromatic rings. The molecular formula is C6H15N2O2+. The van der Waals surface area contributed by atoms with Crippen LogP contribution in [0.5, 0.6) is 0 Å². The van der Waals surface area contributed by atoms with Crippen molar-refractivity contribution in [2.24, 2.45) is 5.73 Å². The van der Waals surface area contributed by atoms with Crippen LogP contribution in [0, 0.1) is 0 Å². The highest BCUT2D eigenvalue weighted by atomic mass is 16.5. The molecule has 0 heterocycles. The summed E-state index contributed by atoms with van der Waals surface area (Å²) >= 11 is 0. The van der Waals surface area contributed by atoms with Gasteiger partial charge in [0.25, 0.3) is 6.23 Å². The summed E-state index contributed by atoms with van der Waals surface area (Å²) in [5.41, 5.74) is 5.05. The number of likely N-dealkylation sites (N-methyl/N-ethyl adjacent to an activating group) is 1. The maximum absolute atomic E-state index is 10.7. The van der Waals surface area contributed by atoms with Gasteiger partial charge in [0, 0.05) is 7.11 Å². The average molecular weight is 147 g/mol. The van der Waals surface area contributed by atoms with E-state index in [1.807, 2.05) is 21.1 Å². The van der Waals surface area contributed by atoms with Crippen molar-refractivity contribution in [1.82, 2.24) is 0 Å². The Morgan fingerprint density at radius 3 is 1.90 bits per heavy atom. The van der Waals surface area contributed by atoms with Gasteiger partial charge < -0.3 is 10.5 Å². The number of ether oxygens (including phenoxy) is 1. The van der Waals surface area contributed by atoms with Crippen LogP contribution < -0.4 is 5.73 Å². The van der Waals surface area contributed by atoms with Crippen LogP contribution in [0.4, 0.5) is 0 Å². The first-order chi connectivity index (χ1) is 4.39. The van der Waals surface area contributed by atoms with E-state index in [1.54, 1.807) is 0 Å². The van der Waals surface area contributed by atoms with Gasteiger partial charge in [-0.25, -0.2) is 0 Å². The van der Waals surface area contributed by atoms with Crippen LogP contribution in [0.25, 0.3) is 0 Å². The first-order valence-electron chi connectivity index (χ1n) is 3.03. The summed E-state index contributed by atoms with van der Waals surface area (Å²) in [5.74, 6) is -0.435. The third-order valence-corrected chi connectivity index (χ3v) is 1.17. The summed E-state index contributed by atoms with van der Waals surface area (Å²) in [7, 11) is 7.01. The fraction of sp³-hybridized carbons (Fsp3) is 0.833. The largest absolute Gasteiger partial charge is 0.362 e. The minimum absolute atomic E-state index is 0.395. The Balaban J connectivity index is 4.22. The quantitative estimate of drug-likeness (QED) is 0.417. The number of quaternary nitrogens is 1. The van der Waals surface area contributed by atoms with E-state index in [4.69, 9.17) is 10.5 Å². The fourth-order valence-electron chi connectivity index (χ4n) is 0.814. The molecule has 0 aromatic carbocycles. The van der Waals surface area contributed by atoms with Gasteiger partial charge in [-0.3, -0.25) is 9.28 Å². The van der Waals surface area contributed by atoms with E-state index in [0.29, 0.717) is 4.48 Å². The molecule has 0 radical (unpaired) electrons. The van der Waals surface area contributed by atoms with Crippen molar-refractivity contribution in [2.45, 2.75) is 6.23 Å². The number of methoxy groups -OCH3 is 1. The Labute approximate surface area is 61.1 Å². The molecule has 0 aliphatic heterocycles. The molecule has 0 fully saturated rings. The summed E-state index contributed by atoms with van der Waals surface area (Å²) in [6.07, 6.45) is -0.556. The molecular weight excluding hydrogens is 132 g/mol. The van der Waals surface area contributed by atoms with Crippen LogP contribution in [-0.2, 0) is 9.53 Å². The van der Waals surface area contributed by atoms with Gasteiger partial charge in [0.1, 0.15) is 0 Å². The van der Waals surface area contributed by atoms with E-state index in [0.717, 1.165) is 0 Å². The lowest BCUT2D eigenvalue weighted by Crippen LogP contribution is -2.53. The Kier molecular flexibility index (Phi) is 2.80. The number of hydrogen-bond acceptors (Lipinski definition) is 2. The van der Waals surface area contributed by atoms with E-state index in [9.17, 15) is 4.79 Å². The zero-order chi connectivity index (χ0) is 8.36. The predicted octanol–water partition coefficient (Wildman–Crippen LogP) is -0.850. The lowest BCUT2D eigenvalue weighted by Gasteiger charge is -2.29. The first-order valence-corrected chi connectivity index (χ1v) is 3.03. The predicted molar refractivity (Wildman–Crippen MR) is 38.0 cm³/mol. The second-order valence-corrected chi connectivity index (χ2v) is 3.11. The number of rotatable bonds is 3. The van der Waals surface area contributed by atoms with Gasteiger partial charge in [-0.15, -0.1) is 0 Å². The monoisotopic (exact) mass is 147 g/mol. The molecule has 0 aliphatic carbocycles. The zero-order valence-electron chi connectivity index (χ0n) is 6.92. The van der Waals surface area contributed by atoms with E-state index in [-0.39, 0.29) is 0 Å². The molecule has 1 amide bonds. The molecule has 4 heteroatoms. The number of carbonyl (C=O) groups is 1. The standard InChI is InChI=1S/C6H14N2O2/c1-8(2,3)6(10-4)5(7)9/h6H,1-4H3,(H-,7,9)/p+1. The minimum atomic E-state index is -0.556. The molecule has 1 unspecified atom stereocenters. The molecule has 0 rings (SSSR count). The van der Waals surface area contributed by atoms with E-state index >= 15 is 0 Å². The maximum Gasteiger partial charge on any atom is 0.305 e. The van der Waals surface area contributed by atoms with Crippen LogP contribution in [-0.4, -0.2) is 44.9 Å². The number of nitrogens with two attached hydrogens (primary N) is 1. The smallest absolute Gasteiger partial charge is 0.305 e. The van der Waals surface area contributed by atoms with E-state index < -0.39 is 12.1 Å². The molecule has 0 bridgehead atoms. The highest BCUT2D eigenvalue weighted by molar-refractivity contribution is 5.77. The topological polar surface area (TPSA) is 52.3 Å². The molecule has 60 valence electrons. The van der Waals surface area contributed by atoms with Crippen molar-refractivity contribution in [3.8, 4) is 0 Å². The lowest BCUT2D eigenvalue weighted by molar-refractivity contribution is -0.908. The molecule has 4 nitrogen and oxygen atoms in total. The van der Waals surface area contributed by atoms with Crippen molar-refractivity contribution in [1.29, 1.82) is 0 Å². The molecule has 1 atom stereocenters. The van der Waals surface area contributed by atoms with Crippen molar-refractivity contribution in [3.63, 3.8) is 0 Å². The van der Waals surface area contributed by atoms with Crippen LogP contribution in [0.3, 0.4) is 0 Å². The third kappa shape index (κ3) is 2.33. The van der Waals surface area contributed by atoms with Crippen LogP contribution in [0.1, 0.15) is 0 Å². The summed E-state index contributed by atoms with van der Waals surface area (Å²) in [6, 6.07) is 0. The van der Waals surface area contributed by atoms with Crippen molar-refractivity contribution in [2.75, 3.05) is 28.3 Å². The summed E-state index contributed by atoms with van der Waals surface area (Å²) in [6.45, 7) is 0. The molecule has 10 heavy (non-hydrogen) atoms. The van der Waals surface area contributed by atoms with Gasteiger partial charge in [-0.05, 0) is 0 Å². The molecule has 2 N–H and O–H groups in total. The summed E-state index contributed by atoms with van der Waals surface area (Å²) < 4.78 is 5.27. The van der Waals surface area contributed by atoms with Crippen molar-refractivity contribution >= 4 is 5.91 Å². The first kappa shape index (κ1) is 9.39. The lowest BCUT2D eigenvalue weighted by atomic mass is 10.4. The van der Waals surface area contributed by atoms with Gasteiger partial charge >= 0.3 is 5.91 Å². The van der Waals surface area contributed by atoms with E-state index in [1.165, 1.54) is 7.11 Å². The minimum Gasteiger partial charge on any atom is -0.362 e. The molecule has 0 saturated heterocycles. The molecule has 0 spiro atoms. The zero-order valence-corrected chi connectivity index (χ0v) is 6.92. The Morgan fingerprint density at radius 1 is 1.50 bits per heavy atom. The normalized spacial score (nSPS) is 14.8. The maximum atomic E-state index is 10.7. The van der Waals surface area contributed by atoms with Crippen molar-refractivity contribution in [3.05, 3.63) is 0 Å². The van der Waals surface area contributed by atoms with Gasteiger partial charge in [0.2, 0.25) is 0 Å². The SMILES string of the molecule is COC(C(N)=O)[N+](C)(C)C. The number of primary amides is 1. The van der Waals surface area contributed by atoms with Crippen molar-refractivity contribution < 1.29 is 14.0 Å². The fourth-order valence-corrected chi connectivity index (χ4v) is 0.814. The molecule has 0 aromatic heterocycles. The van der Waals surface area contributed by atoms with Gasteiger partial charge in [0.15, 0.2) is 0 Å². The van der Waals surface area contributed by atoms with Gasteiger partial charge in [-0.2, -0.15) is 0 Å². The van der Waals surface area contributed by atoms with E-state index in [2.05, 4.69) is 0 Å². The van der Waals surface area contributed by atoms with Gasteiger partial charge in [0.05, 0.1) is 21.1 Å². The number of carbonyl (C=O) groups excluding carboxylic acids is 1. The Morgan fingerprint density at radius 2 is 1.90 bits per heavy atom. The summed E-state index contributed by atoms with van der Waals surface area (Å²) in [5, 5.41) is 0. The Bertz CT molecular complexity index is 128. The van der Waals surface area contributed by atoms with Gasteiger partial charge in [-0.1, -0.05) is 0 Å².